The van der Waals surface area contributed by atoms with Crippen molar-refractivity contribution in [1.29, 1.82) is 0 Å². The highest BCUT2D eigenvalue weighted by Gasteiger charge is 2.17. The molecule has 0 aromatic heterocycles. The van der Waals surface area contributed by atoms with Gasteiger partial charge in [-0.2, -0.15) is 0 Å². The van der Waals surface area contributed by atoms with Crippen molar-refractivity contribution in [3.05, 3.63) is 118 Å². The SMILES string of the molecule is Cc1ccc([N+](=O)[O-])cc1C(=O)NCCC(N)=O.Cc1ccc([N+](=O)[O-])cc1C(=O)NCCC(N)=O.Cc1ccc([N+](=O)[O-])cc1C(=O)NCCC(N)=O. The number of benzene rings is 3. The van der Waals surface area contributed by atoms with Crippen LogP contribution in [-0.2, 0) is 14.4 Å². The summed E-state index contributed by atoms with van der Waals surface area (Å²) in [5.41, 5.74) is 16.9. The highest BCUT2D eigenvalue weighted by atomic mass is 16.6. The Hall–Kier alpha value is -7.32. The molecule has 0 atom stereocenters. The minimum Gasteiger partial charge on any atom is -0.370 e. The van der Waals surface area contributed by atoms with Gasteiger partial charge in [-0.15, -0.1) is 0 Å². The van der Waals surface area contributed by atoms with E-state index in [9.17, 15) is 59.1 Å². The zero-order chi connectivity index (χ0) is 41.1. The number of nitrogens with one attached hydrogen (secondary N) is 3. The lowest BCUT2D eigenvalue weighted by Gasteiger charge is -2.06. The van der Waals surface area contributed by atoms with E-state index >= 15 is 0 Å². The van der Waals surface area contributed by atoms with Gasteiger partial charge in [0, 0.05) is 92.0 Å². The zero-order valence-electron chi connectivity index (χ0n) is 29.4. The molecule has 0 aliphatic rings. The van der Waals surface area contributed by atoms with Crippen molar-refractivity contribution >= 4 is 52.5 Å². The van der Waals surface area contributed by atoms with Crippen molar-refractivity contribution in [2.45, 2.75) is 40.0 Å². The molecule has 0 heterocycles. The number of non-ortho nitro benzene ring substituents is 3. The monoisotopic (exact) mass is 753 g/mol. The van der Waals surface area contributed by atoms with Gasteiger partial charge < -0.3 is 33.2 Å². The van der Waals surface area contributed by atoms with Gasteiger partial charge in [0.05, 0.1) is 14.8 Å². The van der Waals surface area contributed by atoms with E-state index in [0.29, 0.717) is 16.7 Å². The summed E-state index contributed by atoms with van der Waals surface area (Å²) in [5.74, 6) is -2.95. The molecule has 0 spiro atoms. The maximum atomic E-state index is 11.7. The van der Waals surface area contributed by atoms with Crippen LogP contribution >= 0.6 is 0 Å². The highest BCUT2D eigenvalue weighted by Crippen LogP contribution is 2.19. The summed E-state index contributed by atoms with van der Waals surface area (Å²) in [6, 6.07) is 12.1. The van der Waals surface area contributed by atoms with E-state index in [2.05, 4.69) is 16.0 Å². The molecule has 0 aliphatic carbocycles. The van der Waals surface area contributed by atoms with Gasteiger partial charge in [-0.25, -0.2) is 0 Å². The molecule has 0 aliphatic heterocycles. The van der Waals surface area contributed by atoms with E-state index in [1.54, 1.807) is 20.8 Å². The molecular formula is C33H39N9O12. The topological polar surface area (TPSA) is 346 Å². The average molecular weight is 754 g/mol. The van der Waals surface area contributed by atoms with Crippen molar-refractivity contribution in [3.8, 4) is 0 Å². The van der Waals surface area contributed by atoms with E-state index in [1.165, 1.54) is 54.6 Å². The van der Waals surface area contributed by atoms with Crippen LogP contribution < -0.4 is 33.2 Å². The fourth-order valence-corrected chi connectivity index (χ4v) is 4.09. The number of nitro groups is 3. The molecule has 0 fully saturated rings. The van der Waals surface area contributed by atoms with Crippen LogP contribution in [0.2, 0.25) is 0 Å². The third kappa shape index (κ3) is 15.7. The lowest BCUT2D eigenvalue weighted by Crippen LogP contribution is -2.28. The minimum atomic E-state index is -0.570. The standard InChI is InChI=1S/3C11H13N3O4/c3*1-7-2-3-8(14(17)18)6-9(7)11(16)13-5-4-10(12)15/h3*2-3,6H,4-5H2,1H3,(H2,12,15)(H,13,16). The number of nitrogens with zero attached hydrogens (tertiary/aromatic N) is 3. The number of carbonyl (C=O) groups is 6. The molecule has 3 aromatic carbocycles. The summed E-state index contributed by atoms with van der Waals surface area (Å²) < 4.78 is 0. The van der Waals surface area contributed by atoms with Crippen molar-refractivity contribution in [2.24, 2.45) is 17.2 Å². The molecule has 21 nitrogen and oxygen atoms in total. The van der Waals surface area contributed by atoms with E-state index < -0.39 is 50.2 Å². The van der Waals surface area contributed by atoms with E-state index in [0.717, 1.165) is 0 Å². The Balaban J connectivity index is 0.000000405. The number of amides is 6. The van der Waals surface area contributed by atoms with Gasteiger partial charge >= 0.3 is 0 Å². The van der Waals surface area contributed by atoms with Gasteiger partial charge in [-0.05, 0) is 37.5 Å². The van der Waals surface area contributed by atoms with Gasteiger partial charge in [0.2, 0.25) is 17.7 Å². The summed E-state index contributed by atoms with van der Waals surface area (Å²) >= 11 is 0. The van der Waals surface area contributed by atoms with Crippen LogP contribution in [0, 0.1) is 51.1 Å². The number of nitrogens with two attached hydrogens (primary N) is 3. The van der Waals surface area contributed by atoms with E-state index in [4.69, 9.17) is 17.2 Å². The van der Waals surface area contributed by atoms with Gasteiger partial charge in [0.1, 0.15) is 0 Å². The number of primary amides is 3. The molecule has 0 radical (unpaired) electrons. The van der Waals surface area contributed by atoms with E-state index in [1.807, 2.05) is 0 Å². The first-order valence-corrected chi connectivity index (χ1v) is 15.7. The van der Waals surface area contributed by atoms with Crippen LogP contribution in [0.15, 0.2) is 54.6 Å². The third-order valence-electron chi connectivity index (χ3n) is 7.00. The first-order chi connectivity index (χ1) is 25.2. The van der Waals surface area contributed by atoms with Gasteiger partial charge in [0.15, 0.2) is 0 Å². The number of hydrogen-bond donors (Lipinski definition) is 6. The third-order valence-corrected chi connectivity index (χ3v) is 7.00. The Bertz CT molecular complexity index is 1710. The predicted octanol–water partition coefficient (Wildman–Crippen LogP) is 1.53. The molecular weight excluding hydrogens is 714 g/mol. The average Bonchev–Trinajstić information content (AvgIpc) is 3.08. The van der Waals surface area contributed by atoms with Crippen LogP contribution in [0.25, 0.3) is 0 Å². The second-order valence-corrected chi connectivity index (χ2v) is 11.2. The molecule has 21 heteroatoms. The number of nitro benzene ring substituents is 3. The molecule has 0 unspecified atom stereocenters. The molecule has 6 amide bonds. The molecule has 9 N–H and O–H groups in total. The molecule has 288 valence electrons. The quantitative estimate of drug-likeness (QED) is 0.0950. The Morgan fingerprint density at radius 1 is 0.481 bits per heavy atom. The Morgan fingerprint density at radius 2 is 0.704 bits per heavy atom. The number of carbonyl (C=O) groups excluding carboxylic acids is 6. The van der Waals surface area contributed by atoms with Crippen LogP contribution in [0.1, 0.15) is 67.0 Å². The molecule has 54 heavy (non-hydrogen) atoms. The maximum absolute atomic E-state index is 11.7. The Morgan fingerprint density at radius 3 is 0.889 bits per heavy atom. The summed E-state index contributed by atoms with van der Waals surface area (Å²) in [7, 11) is 0. The molecule has 0 saturated carbocycles. The first kappa shape index (κ1) is 44.7. The van der Waals surface area contributed by atoms with Crippen molar-refractivity contribution in [2.75, 3.05) is 19.6 Å². The lowest BCUT2D eigenvalue weighted by molar-refractivity contribution is -0.385. The van der Waals surface area contributed by atoms with Crippen molar-refractivity contribution in [1.82, 2.24) is 16.0 Å². The van der Waals surface area contributed by atoms with E-state index in [-0.39, 0.29) is 72.6 Å². The van der Waals surface area contributed by atoms with Crippen LogP contribution in [0.5, 0.6) is 0 Å². The van der Waals surface area contributed by atoms with Crippen LogP contribution in [0.3, 0.4) is 0 Å². The summed E-state index contributed by atoms with van der Waals surface area (Å²) in [6.07, 6.45) is 0.0825. The largest absolute Gasteiger partial charge is 0.370 e. The van der Waals surface area contributed by atoms with Gasteiger partial charge in [-0.1, -0.05) is 18.2 Å². The lowest BCUT2D eigenvalue weighted by atomic mass is 10.1. The Labute approximate surface area is 307 Å². The number of hydrogen-bond acceptors (Lipinski definition) is 12. The zero-order valence-corrected chi connectivity index (χ0v) is 29.4. The minimum absolute atomic E-state index is 0.0275. The number of rotatable bonds is 15. The molecule has 3 rings (SSSR count). The van der Waals surface area contributed by atoms with Gasteiger partial charge in [-0.3, -0.25) is 59.1 Å². The smallest absolute Gasteiger partial charge is 0.270 e. The summed E-state index contributed by atoms with van der Waals surface area (Å²) in [6.45, 7) is 5.34. The molecule has 0 saturated heterocycles. The van der Waals surface area contributed by atoms with Crippen LogP contribution in [-0.4, -0.2) is 69.8 Å². The van der Waals surface area contributed by atoms with Crippen LogP contribution in [0.4, 0.5) is 17.1 Å². The molecule has 3 aromatic rings. The fraction of sp³-hybridized carbons (Fsp3) is 0.273. The number of aryl methyl sites for hydroxylation is 3. The Kier molecular flexibility index (Phi) is 18.0. The predicted molar refractivity (Wildman–Crippen MR) is 192 cm³/mol. The second kappa shape index (κ2) is 21.8. The second-order valence-electron chi connectivity index (χ2n) is 11.2. The van der Waals surface area contributed by atoms with Gasteiger partial charge in [0.25, 0.3) is 34.8 Å². The summed E-state index contributed by atoms with van der Waals surface area (Å²) in [5, 5.41) is 39.2. The van der Waals surface area contributed by atoms with Crippen molar-refractivity contribution in [3.63, 3.8) is 0 Å². The van der Waals surface area contributed by atoms with Crippen molar-refractivity contribution < 1.29 is 43.5 Å². The normalized spacial score (nSPS) is 9.83. The first-order valence-electron chi connectivity index (χ1n) is 15.7. The summed E-state index contributed by atoms with van der Waals surface area (Å²) in [4.78, 5) is 96.8. The highest BCUT2D eigenvalue weighted by molar-refractivity contribution is 5.97. The maximum Gasteiger partial charge on any atom is 0.270 e. The molecule has 0 bridgehead atoms. The fourth-order valence-electron chi connectivity index (χ4n) is 4.09.